The predicted octanol–water partition coefficient (Wildman–Crippen LogP) is 5.18. The molecule has 1 aromatic heterocycles. The van der Waals surface area contributed by atoms with Crippen LogP contribution >= 0.6 is 0 Å². The third-order valence-electron chi connectivity index (χ3n) is 7.23. The lowest BCUT2D eigenvalue weighted by Gasteiger charge is -2.31. The molecule has 11 heteroatoms. The summed E-state index contributed by atoms with van der Waals surface area (Å²) in [5.74, 6) is 0.525. The van der Waals surface area contributed by atoms with Gasteiger partial charge in [0.1, 0.15) is 17.5 Å². The van der Waals surface area contributed by atoms with Crippen molar-refractivity contribution in [1.29, 1.82) is 0 Å². The van der Waals surface area contributed by atoms with Gasteiger partial charge in [-0.1, -0.05) is 36.4 Å². The van der Waals surface area contributed by atoms with Crippen LogP contribution in [0.1, 0.15) is 70.6 Å². The molecule has 1 aliphatic heterocycles. The highest BCUT2D eigenvalue weighted by Gasteiger charge is 2.30. The van der Waals surface area contributed by atoms with Gasteiger partial charge in [0.25, 0.3) is 5.91 Å². The Bertz CT molecular complexity index is 1830. The number of carbonyl (C=O) groups is 2. The molecule has 0 radical (unpaired) electrons. The highest BCUT2D eigenvalue weighted by Crippen LogP contribution is 2.36. The van der Waals surface area contributed by atoms with Crippen LogP contribution in [-0.4, -0.2) is 52.9 Å². The van der Waals surface area contributed by atoms with Gasteiger partial charge in [-0.15, -0.1) is 0 Å². The van der Waals surface area contributed by atoms with Crippen molar-refractivity contribution in [3.63, 3.8) is 0 Å². The van der Waals surface area contributed by atoms with E-state index >= 15 is 0 Å². The van der Waals surface area contributed by atoms with Crippen LogP contribution in [0.3, 0.4) is 0 Å². The van der Waals surface area contributed by atoms with E-state index in [4.69, 9.17) is 25.7 Å². The number of amides is 1. The molecule has 0 saturated heterocycles. The summed E-state index contributed by atoms with van der Waals surface area (Å²) in [5.41, 5.74) is 16.2. The Morgan fingerprint density at radius 2 is 1.74 bits per heavy atom. The van der Waals surface area contributed by atoms with Crippen LogP contribution in [-0.2, 0) is 16.0 Å². The number of carbonyl (C=O) groups excluding carboxylic acids is 2. The lowest BCUT2D eigenvalue weighted by molar-refractivity contribution is -0.127. The summed E-state index contributed by atoms with van der Waals surface area (Å²) in [6.45, 7) is 5.46. The van der Waals surface area contributed by atoms with Gasteiger partial charge in [0.05, 0.1) is 26.0 Å². The smallest absolute Gasteiger partial charge is 0.338 e. The largest absolute Gasteiger partial charge is 0.493 e. The standard InChI is InChI=1S/C35H36N6O5/c1-35(2,3)46-33(43)23-12-10-22(11-13-23)30-27-9-7-6-8-25(27)20-39-41(30)29(42)15-14-24-16-21(18-28(44-4)31(24)45-5)17-26-19-38-34(37)40-32(26)36/h6-16,18-20,30H,17H2,1-5H3,(H4,36,37,38,40). The minimum absolute atomic E-state index is 0.0935. The third-order valence-corrected chi connectivity index (χ3v) is 7.23. The Kier molecular flexibility index (Phi) is 9.04. The van der Waals surface area contributed by atoms with Gasteiger partial charge >= 0.3 is 5.97 Å². The highest BCUT2D eigenvalue weighted by atomic mass is 16.6. The van der Waals surface area contributed by atoms with Crippen molar-refractivity contribution in [2.45, 2.75) is 38.8 Å². The Labute approximate surface area is 267 Å². The fraction of sp³-hybridized carbons (Fsp3) is 0.229. The van der Waals surface area contributed by atoms with E-state index < -0.39 is 17.6 Å². The zero-order valence-electron chi connectivity index (χ0n) is 26.4. The molecular weight excluding hydrogens is 584 g/mol. The van der Waals surface area contributed by atoms with Crippen LogP contribution in [0, 0.1) is 0 Å². The number of benzene rings is 3. The van der Waals surface area contributed by atoms with E-state index in [-0.39, 0.29) is 17.7 Å². The number of anilines is 2. The first-order chi connectivity index (χ1) is 22.0. The van der Waals surface area contributed by atoms with Crippen LogP contribution in [0.5, 0.6) is 11.5 Å². The molecule has 0 bridgehead atoms. The second-order valence-electron chi connectivity index (χ2n) is 11.7. The highest BCUT2D eigenvalue weighted by molar-refractivity contribution is 5.95. The van der Waals surface area contributed by atoms with E-state index in [9.17, 15) is 9.59 Å². The minimum atomic E-state index is -0.619. The van der Waals surface area contributed by atoms with Crippen LogP contribution in [0.4, 0.5) is 11.8 Å². The third kappa shape index (κ3) is 6.99. The second-order valence-corrected chi connectivity index (χ2v) is 11.7. The number of hydrogen-bond donors (Lipinski definition) is 2. The normalized spacial score (nSPS) is 14.2. The number of hydrazone groups is 1. The first-order valence-electron chi connectivity index (χ1n) is 14.6. The fourth-order valence-corrected chi connectivity index (χ4v) is 5.15. The van der Waals surface area contributed by atoms with E-state index in [0.717, 1.165) is 22.3 Å². The number of aromatic nitrogens is 2. The summed E-state index contributed by atoms with van der Waals surface area (Å²) >= 11 is 0. The zero-order valence-corrected chi connectivity index (χ0v) is 26.4. The van der Waals surface area contributed by atoms with Gasteiger partial charge < -0.3 is 25.7 Å². The molecule has 0 spiro atoms. The minimum Gasteiger partial charge on any atom is -0.493 e. The van der Waals surface area contributed by atoms with E-state index in [1.807, 2.05) is 69.3 Å². The number of hydrogen-bond acceptors (Lipinski definition) is 10. The number of methoxy groups -OCH3 is 2. The molecule has 1 unspecified atom stereocenters. The maximum Gasteiger partial charge on any atom is 0.338 e. The van der Waals surface area contributed by atoms with Crippen molar-refractivity contribution in [3.8, 4) is 11.5 Å². The lowest BCUT2D eigenvalue weighted by atomic mass is 9.92. The molecule has 4 aromatic rings. The summed E-state index contributed by atoms with van der Waals surface area (Å²) in [4.78, 5) is 34.6. The summed E-state index contributed by atoms with van der Waals surface area (Å²) < 4.78 is 16.8. The van der Waals surface area contributed by atoms with Crippen LogP contribution in [0.15, 0.2) is 78.0 Å². The van der Waals surface area contributed by atoms with Gasteiger partial charge in [-0.25, -0.2) is 14.8 Å². The number of nitrogen functional groups attached to an aromatic ring is 2. The van der Waals surface area contributed by atoms with Gasteiger partial charge in [0.2, 0.25) is 5.95 Å². The van der Waals surface area contributed by atoms with Crippen molar-refractivity contribution < 1.29 is 23.8 Å². The molecule has 1 amide bonds. The number of nitrogens with two attached hydrogens (primary N) is 2. The molecule has 4 N–H and O–H groups in total. The maximum atomic E-state index is 13.8. The zero-order chi connectivity index (χ0) is 33.0. The molecule has 236 valence electrons. The quantitative estimate of drug-likeness (QED) is 0.200. The average Bonchev–Trinajstić information content (AvgIpc) is 3.03. The number of fused-ring (bicyclic) bond motifs is 1. The second kappa shape index (κ2) is 13.1. The molecule has 5 rings (SSSR count). The van der Waals surface area contributed by atoms with E-state index in [2.05, 4.69) is 15.1 Å². The monoisotopic (exact) mass is 620 g/mol. The molecule has 1 atom stereocenters. The van der Waals surface area contributed by atoms with E-state index in [0.29, 0.717) is 34.6 Å². The molecule has 46 heavy (non-hydrogen) atoms. The first-order valence-corrected chi connectivity index (χ1v) is 14.6. The van der Waals surface area contributed by atoms with Gasteiger partial charge in [-0.3, -0.25) is 4.79 Å². The van der Waals surface area contributed by atoms with E-state index in [1.54, 1.807) is 37.7 Å². The molecule has 2 heterocycles. The van der Waals surface area contributed by atoms with E-state index in [1.165, 1.54) is 18.2 Å². The lowest BCUT2D eigenvalue weighted by Crippen LogP contribution is -2.33. The summed E-state index contributed by atoms with van der Waals surface area (Å²) in [5, 5.41) is 5.95. The molecule has 3 aromatic carbocycles. The maximum absolute atomic E-state index is 13.8. The number of ether oxygens (including phenoxy) is 3. The Morgan fingerprint density at radius 1 is 1.00 bits per heavy atom. The van der Waals surface area contributed by atoms with Crippen molar-refractivity contribution in [1.82, 2.24) is 15.0 Å². The average molecular weight is 621 g/mol. The molecule has 0 fully saturated rings. The Hall–Kier alpha value is -5.71. The number of rotatable bonds is 8. The molecular formula is C35H36N6O5. The van der Waals surface area contributed by atoms with Crippen molar-refractivity contribution >= 4 is 35.9 Å². The topological polar surface area (TPSA) is 155 Å². The number of esters is 1. The Morgan fingerprint density at radius 3 is 2.41 bits per heavy atom. The van der Waals surface area contributed by atoms with Gasteiger partial charge in [-0.2, -0.15) is 10.1 Å². The summed E-state index contributed by atoms with van der Waals surface area (Å²) in [6.07, 6.45) is 6.75. The predicted molar refractivity (Wildman–Crippen MR) is 177 cm³/mol. The molecule has 1 aliphatic rings. The molecule has 0 saturated carbocycles. The van der Waals surface area contributed by atoms with Crippen LogP contribution in [0.25, 0.3) is 6.08 Å². The van der Waals surface area contributed by atoms with Gasteiger partial charge in [0.15, 0.2) is 11.5 Å². The summed E-state index contributed by atoms with van der Waals surface area (Å²) in [6, 6.07) is 17.9. The van der Waals surface area contributed by atoms with Crippen molar-refractivity contribution in [2.75, 3.05) is 25.7 Å². The van der Waals surface area contributed by atoms with Gasteiger partial charge in [0, 0.05) is 35.4 Å². The van der Waals surface area contributed by atoms with Gasteiger partial charge in [-0.05, 0) is 67.8 Å². The van der Waals surface area contributed by atoms with Crippen molar-refractivity contribution in [3.05, 3.63) is 112 Å². The van der Waals surface area contributed by atoms with Crippen LogP contribution in [0.2, 0.25) is 0 Å². The van der Waals surface area contributed by atoms with Crippen LogP contribution < -0.4 is 20.9 Å². The molecule has 0 aliphatic carbocycles. The Balaban J connectivity index is 1.47. The molecule has 11 nitrogen and oxygen atoms in total. The fourth-order valence-electron chi connectivity index (χ4n) is 5.15. The van der Waals surface area contributed by atoms with Crippen molar-refractivity contribution in [2.24, 2.45) is 5.10 Å². The number of nitrogens with zero attached hydrogens (tertiary/aromatic N) is 4. The summed E-state index contributed by atoms with van der Waals surface area (Å²) in [7, 11) is 3.07. The first kappa shape index (κ1) is 31.7. The SMILES string of the molecule is COc1cc(Cc2cnc(N)nc2N)cc(C=CC(=O)N2N=Cc3ccccc3C2c2ccc(C(=O)OC(C)(C)C)cc2)c1OC.